The minimum absolute atomic E-state index is 0.741. The standard InChI is InChI=1S/C48H28N2/c1-4-12-29(13-5-1)34-24-22-32-23-25-36-40(30-14-6-2-7-15-30)28-41(37-27-26-35(34)43(32)44(36)37)48-49-46(33-16-8-3-9-17-33)45-38-20-10-18-31-19-11-21-39(42(31)38)47(45)50-48/h1-28H. The van der Waals surface area contributed by atoms with E-state index in [0.29, 0.717) is 0 Å². The number of aromatic nitrogens is 2. The zero-order valence-electron chi connectivity index (χ0n) is 27.1. The van der Waals surface area contributed by atoms with E-state index in [1.807, 2.05) is 0 Å². The molecule has 0 radical (unpaired) electrons. The highest BCUT2D eigenvalue weighted by molar-refractivity contribution is 6.30. The fraction of sp³-hybridized carbons (Fsp3) is 0. The number of fused-ring (bicyclic) bond motifs is 3. The van der Waals surface area contributed by atoms with E-state index >= 15 is 0 Å². The van der Waals surface area contributed by atoms with Crippen LogP contribution in [0.15, 0.2) is 170 Å². The summed E-state index contributed by atoms with van der Waals surface area (Å²) in [6.07, 6.45) is 0. The van der Waals surface area contributed by atoms with Gasteiger partial charge in [0.1, 0.15) is 0 Å². The first-order valence-corrected chi connectivity index (χ1v) is 17.2. The van der Waals surface area contributed by atoms with Gasteiger partial charge in [-0.25, -0.2) is 9.97 Å². The van der Waals surface area contributed by atoms with Crippen LogP contribution in [0, 0.1) is 0 Å². The SMILES string of the molecule is c1ccc(-c2nc(-c3cc(-c4ccccc4)c4ccc5ccc(-c6ccccc6)c6ccc3c4c56)nc3c2-c2cccc4cccc-3c24)cc1. The van der Waals surface area contributed by atoms with Gasteiger partial charge in [-0.05, 0) is 77.0 Å². The molecule has 0 N–H and O–H groups in total. The molecule has 0 bridgehead atoms. The lowest BCUT2D eigenvalue weighted by Gasteiger charge is -2.20. The molecule has 0 saturated carbocycles. The van der Waals surface area contributed by atoms with Crippen molar-refractivity contribution in [2.45, 2.75) is 0 Å². The molecule has 1 aromatic heterocycles. The maximum Gasteiger partial charge on any atom is 0.161 e. The molecule has 2 nitrogen and oxygen atoms in total. The number of hydrogen-bond acceptors (Lipinski definition) is 2. The van der Waals surface area contributed by atoms with Crippen molar-refractivity contribution < 1.29 is 0 Å². The van der Waals surface area contributed by atoms with E-state index < -0.39 is 0 Å². The van der Waals surface area contributed by atoms with E-state index in [4.69, 9.17) is 9.97 Å². The second-order valence-electron chi connectivity index (χ2n) is 13.3. The van der Waals surface area contributed by atoms with Gasteiger partial charge < -0.3 is 0 Å². The third-order valence-electron chi connectivity index (χ3n) is 10.6. The number of nitrogens with zero attached hydrogens (tertiary/aromatic N) is 2. The van der Waals surface area contributed by atoms with Crippen molar-refractivity contribution in [2.24, 2.45) is 0 Å². The lowest BCUT2D eigenvalue weighted by atomic mass is 9.85. The monoisotopic (exact) mass is 632 g/mol. The van der Waals surface area contributed by atoms with Crippen molar-refractivity contribution in [1.29, 1.82) is 0 Å². The summed E-state index contributed by atoms with van der Waals surface area (Å²) in [5.41, 5.74) is 12.4. The summed E-state index contributed by atoms with van der Waals surface area (Å²) < 4.78 is 0. The van der Waals surface area contributed by atoms with Crippen LogP contribution in [-0.4, -0.2) is 9.97 Å². The zero-order valence-corrected chi connectivity index (χ0v) is 27.1. The molecule has 0 amide bonds. The first-order valence-electron chi connectivity index (χ1n) is 17.2. The maximum absolute atomic E-state index is 5.53. The average Bonchev–Trinajstić information content (AvgIpc) is 3.52. The molecule has 50 heavy (non-hydrogen) atoms. The lowest BCUT2D eigenvalue weighted by Crippen LogP contribution is -1.99. The Morgan fingerprint density at radius 2 is 0.840 bits per heavy atom. The van der Waals surface area contributed by atoms with E-state index in [2.05, 4.69) is 170 Å². The summed E-state index contributed by atoms with van der Waals surface area (Å²) in [7, 11) is 0. The summed E-state index contributed by atoms with van der Waals surface area (Å²) >= 11 is 0. The summed E-state index contributed by atoms with van der Waals surface area (Å²) in [5, 5.41) is 9.90. The summed E-state index contributed by atoms with van der Waals surface area (Å²) in [4.78, 5) is 11.0. The minimum atomic E-state index is 0.741. The summed E-state index contributed by atoms with van der Waals surface area (Å²) in [6.45, 7) is 0. The lowest BCUT2D eigenvalue weighted by molar-refractivity contribution is 1.20. The number of benzene rings is 9. The normalized spacial score (nSPS) is 12.0. The molecule has 1 aliphatic carbocycles. The van der Waals surface area contributed by atoms with Crippen LogP contribution in [0.2, 0.25) is 0 Å². The third-order valence-corrected chi connectivity index (χ3v) is 10.6. The Kier molecular flexibility index (Phi) is 5.70. The van der Waals surface area contributed by atoms with Gasteiger partial charge in [0.15, 0.2) is 5.82 Å². The highest BCUT2D eigenvalue weighted by Crippen LogP contribution is 2.51. The highest BCUT2D eigenvalue weighted by Gasteiger charge is 2.29. The molecular weight excluding hydrogens is 605 g/mol. The van der Waals surface area contributed by atoms with Gasteiger partial charge in [-0.15, -0.1) is 0 Å². The Morgan fingerprint density at radius 1 is 0.300 bits per heavy atom. The molecule has 230 valence electrons. The van der Waals surface area contributed by atoms with Gasteiger partial charge in [0.25, 0.3) is 0 Å². The molecule has 11 rings (SSSR count). The number of rotatable bonds is 4. The largest absolute Gasteiger partial charge is 0.227 e. The molecule has 9 aromatic carbocycles. The predicted molar refractivity (Wildman–Crippen MR) is 209 cm³/mol. The highest BCUT2D eigenvalue weighted by atomic mass is 14.9. The van der Waals surface area contributed by atoms with Gasteiger partial charge in [0, 0.05) is 22.3 Å². The van der Waals surface area contributed by atoms with Gasteiger partial charge in [-0.1, -0.05) is 164 Å². The Balaban J connectivity index is 1.28. The fourth-order valence-electron chi connectivity index (χ4n) is 8.39. The third kappa shape index (κ3) is 3.85. The van der Waals surface area contributed by atoms with Gasteiger partial charge in [0.05, 0.1) is 11.4 Å². The smallest absolute Gasteiger partial charge is 0.161 e. The molecule has 10 aromatic rings. The van der Waals surface area contributed by atoms with Crippen LogP contribution in [0.4, 0.5) is 0 Å². The van der Waals surface area contributed by atoms with Gasteiger partial charge in [-0.3, -0.25) is 0 Å². The number of hydrogen-bond donors (Lipinski definition) is 0. The predicted octanol–water partition coefficient (Wildman–Crippen LogP) is 12.8. The Labute approximate surface area is 289 Å². The molecule has 0 saturated heterocycles. The molecule has 1 heterocycles. The van der Waals surface area contributed by atoms with Gasteiger partial charge in [0.2, 0.25) is 0 Å². The summed E-state index contributed by atoms with van der Waals surface area (Å²) in [6, 6.07) is 61.3. The van der Waals surface area contributed by atoms with Crippen LogP contribution in [0.3, 0.4) is 0 Å². The van der Waals surface area contributed by atoms with E-state index in [0.717, 1.165) is 39.3 Å². The van der Waals surface area contributed by atoms with Crippen LogP contribution in [-0.2, 0) is 0 Å². The van der Waals surface area contributed by atoms with Crippen molar-refractivity contribution >= 4 is 43.1 Å². The van der Waals surface area contributed by atoms with Gasteiger partial charge >= 0.3 is 0 Å². The Bertz CT molecular complexity index is 2940. The Morgan fingerprint density at radius 3 is 1.56 bits per heavy atom. The molecular formula is C48H28N2. The van der Waals surface area contributed by atoms with Crippen LogP contribution in [0.1, 0.15) is 0 Å². The summed E-state index contributed by atoms with van der Waals surface area (Å²) in [5.74, 6) is 0.741. The fourth-order valence-corrected chi connectivity index (χ4v) is 8.39. The van der Waals surface area contributed by atoms with Crippen LogP contribution >= 0.6 is 0 Å². The molecule has 1 aliphatic rings. The molecule has 0 spiro atoms. The first-order chi connectivity index (χ1) is 24.8. The quantitative estimate of drug-likeness (QED) is 0.180. The van der Waals surface area contributed by atoms with Crippen molar-refractivity contribution in [1.82, 2.24) is 9.97 Å². The molecule has 0 unspecified atom stereocenters. The Hall–Kier alpha value is -6.64. The molecule has 0 aliphatic heterocycles. The topological polar surface area (TPSA) is 25.8 Å². The van der Waals surface area contributed by atoms with Crippen LogP contribution < -0.4 is 0 Å². The average molecular weight is 633 g/mol. The van der Waals surface area contributed by atoms with E-state index in [-0.39, 0.29) is 0 Å². The van der Waals surface area contributed by atoms with E-state index in [1.54, 1.807) is 0 Å². The molecule has 2 heteroatoms. The first kappa shape index (κ1) is 27.3. The molecule has 0 atom stereocenters. The van der Waals surface area contributed by atoms with Crippen LogP contribution in [0.5, 0.6) is 0 Å². The molecule has 0 fully saturated rings. The zero-order chi connectivity index (χ0) is 32.8. The van der Waals surface area contributed by atoms with Crippen LogP contribution in [0.25, 0.3) is 110 Å². The van der Waals surface area contributed by atoms with Crippen molar-refractivity contribution in [3.8, 4) is 67.3 Å². The second-order valence-corrected chi connectivity index (χ2v) is 13.3. The maximum atomic E-state index is 5.53. The van der Waals surface area contributed by atoms with Crippen molar-refractivity contribution in [2.75, 3.05) is 0 Å². The second kappa shape index (κ2) is 10.4. The van der Waals surface area contributed by atoms with Gasteiger partial charge in [-0.2, -0.15) is 0 Å². The van der Waals surface area contributed by atoms with E-state index in [1.165, 1.54) is 71.1 Å². The van der Waals surface area contributed by atoms with Crippen molar-refractivity contribution in [3.63, 3.8) is 0 Å². The van der Waals surface area contributed by atoms with E-state index in [9.17, 15) is 0 Å². The minimum Gasteiger partial charge on any atom is -0.227 e. The van der Waals surface area contributed by atoms with Crippen molar-refractivity contribution in [3.05, 3.63) is 170 Å².